The molecule has 0 amide bonds. The fourth-order valence-corrected chi connectivity index (χ4v) is 1.22. The molecule has 0 spiro atoms. The lowest BCUT2D eigenvalue weighted by Crippen LogP contribution is -2.32. The minimum absolute atomic E-state index is 0.236. The van der Waals surface area contributed by atoms with E-state index in [4.69, 9.17) is 10.9 Å². The smallest absolute Gasteiger partial charge is 0.144 e. The number of nitrogens with two attached hydrogens (primary N) is 1. The van der Waals surface area contributed by atoms with Crippen LogP contribution in [-0.2, 0) is 0 Å². The van der Waals surface area contributed by atoms with Crippen molar-refractivity contribution in [3.63, 3.8) is 0 Å². The van der Waals surface area contributed by atoms with Gasteiger partial charge in [-0.15, -0.1) is 0 Å². The Bertz CT molecular complexity index is 234. The van der Waals surface area contributed by atoms with Gasteiger partial charge in [-0.05, 0) is 26.3 Å². The topological polar surface area (TPSA) is 70.6 Å². The van der Waals surface area contributed by atoms with Crippen molar-refractivity contribution < 1.29 is 5.21 Å². The van der Waals surface area contributed by atoms with Crippen molar-refractivity contribution in [2.75, 3.05) is 13.1 Å². The Kier molecular flexibility index (Phi) is 6.01. The van der Waals surface area contributed by atoms with E-state index in [1.54, 1.807) is 0 Å². The highest BCUT2D eigenvalue weighted by Gasteiger charge is 2.22. The van der Waals surface area contributed by atoms with E-state index in [0.717, 1.165) is 31.5 Å². The molecule has 0 fully saturated rings. The largest absolute Gasteiger partial charge is 0.409 e. The molecule has 4 heteroatoms. The average Bonchev–Trinajstić information content (AvgIpc) is 2.15. The van der Waals surface area contributed by atoms with E-state index >= 15 is 0 Å². The van der Waals surface area contributed by atoms with E-state index in [9.17, 15) is 0 Å². The normalized spacial score (nSPS) is 12.9. The van der Waals surface area contributed by atoms with Gasteiger partial charge in [0.1, 0.15) is 5.84 Å². The average molecular weight is 213 g/mol. The number of hydrogen-bond donors (Lipinski definition) is 3. The maximum atomic E-state index is 8.58. The van der Waals surface area contributed by atoms with Crippen LogP contribution < -0.4 is 11.1 Å². The van der Waals surface area contributed by atoms with Gasteiger partial charge in [-0.2, -0.15) is 0 Å². The van der Waals surface area contributed by atoms with Crippen LogP contribution >= 0.6 is 0 Å². The van der Waals surface area contributed by atoms with Crippen LogP contribution in [0.3, 0.4) is 0 Å². The zero-order valence-corrected chi connectivity index (χ0v) is 10.0. The molecule has 0 radical (unpaired) electrons. The molecule has 0 bridgehead atoms. The van der Waals surface area contributed by atoms with Gasteiger partial charge in [0.2, 0.25) is 0 Å². The van der Waals surface area contributed by atoms with Gasteiger partial charge in [-0.3, -0.25) is 0 Å². The fourth-order valence-electron chi connectivity index (χ4n) is 1.22. The van der Waals surface area contributed by atoms with Crippen LogP contribution in [-0.4, -0.2) is 24.1 Å². The van der Waals surface area contributed by atoms with E-state index in [-0.39, 0.29) is 5.41 Å². The molecule has 0 aromatic carbocycles. The molecule has 15 heavy (non-hydrogen) atoms. The second kappa shape index (κ2) is 6.45. The molecule has 0 aromatic rings. The first-order chi connectivity index (χ1) is 6.90. The Morgan fingerprint density at radius 1 is 1.53 bits per heavy atom. The van der Waals surface area contributed by atoms with E-state index < -0.39 is 0 Å². The van der Waals surface area contributed by atoms with Crippen molar-refractivity contribution in [1.29, 1.82) is 0 Å². The first-order valence-corrected chi connectivity index (χ1v) is 5.23. The van der Waals surface area contributed by atoms with E-state index in [1.165, 1.54) is 0 Å². The van der Waals surface area contributed by atoms with E-state index in [2.05, 4.69) is 17.1 Å². The molecule has 4 nitrogen and oxygen atoms in total. The van der Waals surface area contributed by atoms with Crippen molar-refractivity contribution in [2.24, 2.45) is 16.3 Å². The van der Waals surface area contributed by atoms with Crippen molar-refractivity contribution in [3.05, 3.63) is 12.2 Å². The second-order valence-corrected chi connectivity index (χ2v) is 4.61. The zero-order valence-electron chi connectivity index (χ0n) is 10.0. The van der Waals surface area contributed by atoms with Crippen molar-refractivity contribution in [1.82, 2.24) is 5.32 Å². The van der Waals surface area contributed by atoms with E-state index in [0.29, 0.717) is 5.84 Å². The molecule has 0 aliphatic carbocycles. The van der Waals surface area contributed by atoms with Crippen molar-refractivity contribution in [2.45, 2.75) is 33.6 Å². The van der Waals surface area contributed by atoms with Crippen LogP contribution in [0.25, 0.3) is 0 Å². The number of oxime groups is 1. The van der Waals surface area contributed by atoms with Gasteiger partial charge < -0.3 is 16.3 Å². The molecule has 4 N–H and O–H groups in total. The minimum Gasteiger partial charge on any atom is -0.409 e. The predicted molar refractivity (Wildman–Crippen MR) is 64.1 cm³/mol. The summed E-state index contributed by atoms with van der Waals surface area (Å²) in [6.45, 7) is 11.5. The van der Waals surface area contributed by atoms with Gasteiger partial charge in [0.15, 0.2) is 0 Å². The zero-order chi connectivity index (χ0) is 11.9. The highest BCUT2D eigenvalue weighted by molar-refractivity contribution is 5.85. The van der Waals surface area contributed by atoms with Crippen LogP contribution in [0.5, 0.6) is 0 Å². The molecular weight excluding hydrogens is 190 g/mol. The molecule has 0 atom stereocenters. The molecule has 0 aliphatic heterocycles. The Balaban J connectivity index is 3.71. The number of rotatable bonds is 7. The van der Waals surface area contributed by atoms with Crippen LogP contribution in [0.2, 0.25) is 0 Å². The molecular formula is C11H23N3O. The van der Waals surface area contributed by atoms with Gasteiger partial charge in [-0.1, -0.05) is 31.2 Å². The summed E-state index contributed by atoms with van der Waals surface area (Å²) in [4.78, 5) is 0. The lowest BCUT2D eigenvalue weighted by atomic mass is 9.86. The first-order valence-electron chi connectivity index (χ1n) is 5.23. The van der Waals surface area contributed by atoms with Gasteiger partial charge in [0, 0.05) is 12.0 Å². The fraction of sp³-hybridized carbons (Fsp3) is 0.727. The summed E-state index contributed by atoms with van der Waals surface area (Å²) in [7, 11) is 0. The van der Waals surface area contributed by atoms with Gasteiger partial charge in [-0.25, -0.2) is 0 Å². The maximum absolute atomic E-state index is 8.58. The highest BCUT2D eigenvalue weighted by Crippen LogP contribution is 2.21. The van der Waals surface area contributed by atoms with Crippen LogP contribution in [0, 0.1) is 5.41 Å². The van der Waals surface area contributed by atoms with Gasteiger partial charge in [0.25, 0.3) is 0 Å². The van der Waals surface area contributed by atoms with Crippen LogP contribution in [0.15, 0.2) is 17.3 Å². The second-order valence-electron chi connectivity index (χ2n) is 4.61. The quantitative estimate of drug-likeness (QED) is 0.150. The number of nitrogens with one attached hydrogen (secondary N) is 1. The number of nitrogens with zero attached hydrogens (tertiary/aromatic N) is 1. The Hall–Kier alpha value is -1.03. The molecule has 0 aromatic heterocycles. The van der Waals surface area contributed by atoms with Crippen molar-refractivity contribution >= 4 is 5.84 Å². The predicted octanol–water partition coefficient (Wildman–Crippen LogP) is 1.70. The summed E-state index contributed by atoms with van der Waals surface area (Å²) in [6, 6.07) is 0. The molecule has 0 saturated heterocycles. The number of hydrogen-bond acceptors (Lipinski definition) is 3. The molecule has 0 rings (SSSR count). The SMILES string of the molecule is C=C(C)CNCCCC(C)(C)C(N)=NO. The Morgan fingerprint density at radius 3 is 2.60 bits per heavy atom. The lowest BCUT2D eigenvalue weighted by molar-refractivity contribution is 0.304. The summed E-state index contributed by atoms with van der Waals surface area (Å²) in [5.74, 6) is 0.294. The van der Waals surface area contributed by atoms with Crippen LogP contribution in [0.1, 0.15) is 33.6 Å². The van der Waals surface area contributed by atoms with Gasteiger partial charge >= 0.3 is 0 Å². The molecule has 88 valence electrons. The maximum Gasteiger partial charge on any atom is 0.144 e. The standard InChI is InChI=1S/C11H23N3O/c1-9(2)8-13-7-5-6-11(3,4)10(12)14-15/h13,15H,1,5-8H2,2-4H3,(H2,12,14). The molecule has 0 heterocycles. The summed E-state index contributed by atoms with van der Waals surface area (Å²) in [5, 5.41) is 14.9. The first kappa shape index (κ1) is 14.0. The Morgan fingerprint density at radius 2 is 2.13 bits per heavy atom. The molecule has 0 saturated carbocycles. The molecule has 0 aliphatic rings. The molecule has 0 unspecified atom stereocenters. The lowest BCUT2D eigenvalue weighted by Gasteiger charge is -2.22. The van der Waals surface area contributed by atoms with E-state index in [1.807, 2.05) is 20.8 Å². The highest BCUT2D eigenvalue weighted by atomic mass is 16.4. The summed E-state index contributed by atoms with van der Waals surface area (Å²) < 4.78 is 0. The number of amidine groups is 1. The Labute approximate surface area is 92.2 Å². The van der Waals surface area contributed by atoms with Gasteiger partial charge in [0.05, 0.1) is 0 Å². The third kappa shape index (κ3) is 6.12. The summed E-state index contributed by atoms with van der Waals surface area (Å²) in [5.41, 5.74) is 6.47. The van der Waals surface area contributed by atoms with Crippen molar-refractivity contribution in [3.8, 4) is 0 Å². The third-order valence-electron chi connectivity index (χ3n) is 2.38. The van der Waals surface area contributed by atoms with Crippen LogP contribution in [0.4, 0.5) is 0 Å². The monoisotopic (exact) mass is 213 g/mol. The summed E-state index contributed by atoms with van der Waals surface area (Å²) in [6.07, 6.45) is 1.89. The minimum atomic E-state index is -0.236. The summed E-state index contributed by atoms with van der Waals surface area (Å²) >= 11 is 0. The third-order valence-corrected chi connectivity index (χ3v) is 2.38.